The van der Waals surface area contributed by atoms with Crippen molar-refractivity contribution in [2.24, 2.45) is 20.5 Å². The number of nitrogen functional groups attached to an aromatic ring is 1. The van der Waals surface area contributed by atoms with E-state index in [9.17, 15) is 78.2 Å². The van der Waals surface area contributed by atoms with Crippen LogP contribution in [-0.4, -0.2) is 90.7 Å². The molecule has 31 heteroatoms. The molecule has 4 rings (SSSR count). The quantitative estimate of drug-likeness (QED) is 0.0576. The van der Waals surface area contributed by atoms with Crippen molar-refractivity contribution in [1.82, 2.24) is 0 Å². The molecule has 0 saturated carbocycles. The second-order valence-corrected chi connectivity index (χ2v) is 19.6. The predicted molar refractivity (Wildman–Crippen MR) is 185 cm³/mol. The zero-order valence-electron chi connectivity index (χ0n) is 27.1. The van der Waals surface area contributed by atoms with E-state index in [1.165, 1.54) is 0 Å². The van der Waals surface area contributed by atoms with Crippen molar-refractivity contribution in [1.29, 1.82) is 0 Å². The topological polar surface area (TPSA) is 411 Å². The molecule has 0 aliphatic heterocycles. The Morgan fingerprint density at radius 1 is 0.643 bits per heavy atom. The van der Waals surface area contributed by atoms with Gasteiger partial charge in [-0.1, -0.05) is 0 Å². The molecule has 0 unspecified atom stereocenters. The molecule has 0 aliphatic carbocycles. The van der Waals surface area contributed by atoms with Crippen LogP contribution in [0.15, 0.2) is 87.4 Å². The number of azo groups is 2. The minimum Gasteiger partial charge on any atom is -0.505 e. The molecule has 56 heavy (non-hydrogen) atoms. The Bertz CT molecular complexity index is 3080. The number of hydrogen-bond donors (Lipinski definition) is 7. The van der Waals surface area contributed by atoms with Gasteiger partial charge in [0.25, 0.3) is 40.5 Å². The van der Waals surface area contributed by atoms with Gasteiger partial charge in [0, 0.05) is 6.07 Å². The maximum absolute atomic E-state index is 14.3. The molecule has 0 amide bonds. The second kappa shape index (κ2) is 15.0. The molecule has 8 N–H and O–H groups in total. The molecule has 0 radical (unpaired) electrons. The summed E-state index contributed by atoms with van der Waals surface area (Å²) >= 11 is 0. The minimum atomic E-state index is -5.52. The van der Waals surface area contributed by atoms with Gasteiger partial charge in [-0.3, -0.25) is 22.8 Å². The molecule has 0 spiro atoms. The SMILES string of the molecule is Cc1cc(S(=O)(=O)O)c(N=Nc2c(S(=O)(=O)O)cc3cc(S(=O)(=O)O)c(N=Nc4ccc(S(=O)(=O)CCOS(=O)(=O)O)cc4S(=O)(=O)O)c(O)c3c2N)cc1F. The first-order chi connectivity index (χ1) is 25.3. The first kappa shape index (κ1) is 44.0. The van der Waals surface area contributed by atoms with Crippen molar-refractivity contribution in [2.45, 2.75) is 31.4 Å². The maximum atomic E-state index is 14.3. The van der Waals surface area contributed by atoms with E-state index in [1.807, 2.05) is 0 Å². The van der Waals surface area contributed by atoms with Crippen molar-refractivity contribution in [3.63, 3.8) is 0 Å². The third-order valence-corrected chi connectivity index (χ3v) is 12.7. The molecule has 0 aliphatic rings. The fourth-order valence-electron chi connectivity index (χ4n) is 4.59. The van der Waals surface area contributed by atoms with Crippen LogP contribution in [0.5, 0.6) is 5.75 Å². The molecule has 4 aromatic carbocycles. The second-order valence-electron chi connectivity index (χ2n) is 10.9. The highest BCUT2D eigenvalue weighted by molar-refractivity contribution is 7.91. The van der Waals surface area contributed by atoms with Gasteiger partial charge < -0.3 is 10.8 Å². The van der Waals surface area contributed by atoms with Gasteiger partial charge in [-0.25, -0.2) is 17.0 Å². The number of fused-ring (bicyclic) bond motifs is 1. The Morgan fingerprint density at radius 3 is 1.64 bits per heavy atom. The van der Waals surface area contributed by atoms with Crippen molar-refractivity contribution >= 4 is 99.9 Å². The van der Waals surface area contributed by atoms with Gasteiger partial charge in [0.15, 0.2) is 15.6 Å². The Hall–Kier alpha value is -4.67. The van der Waals surface area contributed by atoms with Gasteiger partial charge in [-0.05, 0) is 54.3 Å². The summed E-state index contributed by atoms with van der Waals surface area (Å²) in [5.41, 5.74) is 0.436. The highest BCUT2D eigenvalue weighted by Gasteiger charge is 2.29. The number of nitrogens with two attached hydrogens (primary N) is 1. The van der Waals surface area contributed by atoms with E-state index >= 15 is 0 Å². The van der Waals surface area contributed by atoms with Crippen LogP contribution < -0.4 is 5.73 Å². The molecule has 4 aromatic rings. The standard InChI is InChI=1S/C25H22FN5O19S6/c1-11-6-17(52(35,36)37)16(10-14(11)26)29-30-23-19(54(41,42)43)7-12-8-20(55(44,45)46)24(25(32)21(12)22(23)27)31-28-15-3-2-13(9-18(15)53(38,39)40)51(33,34)5-4-50-56(47,48)49/h2-3,6-10,32H,4-5,27H2,1H3,(H,35,36,37)(H,38,39,40)(H,41,42,43)(H,44,45,46)(H,47,48,49). The molecular weight excluding hydrogens is 886 g/mol. The van der Waals surface area contributed by atoms with E-state index in [-0.39, 0.29) is 5.56 Å². The largest absolute Gasteiger partial charge is 0.505 e. The fraction of sp³-hybridized carbons (Fsp3) is 0.120. The number of halogens is 1. The first-order valence-corrected chi connectivity index (χ1v) is 22.7. The number of rotatable bonds is 13. The molecule has 0 atom stereocenters. The zero-order valence-corrected chi connectivity index (χ0v) is 32.0. The number of hydrogen-bond acceptors (Lipinski definition) is 19. The van der Waals surface area contributed by atoms with Gasteiger partial charge in [0.2, 0.25) is 0 Å². The van der Waals surface area contributed by atoms with Crippen LogP contribution in [0.2, 0.25) is 0 Å². The molecule has 0 aromatic heterocycles. The van der Waals surface area contributed by atoms with Crippen LogP contribution in [-0.2, 0) is 64.9 Å². The Balaban J connectivity index is 2.00. The summed E-state index contributed by atoms with van der Waals surface area (Å²) in [6, 6.07) is 3.47. The van der Waals surface area contributed by atoms with E-state index in [1.54, 1.807) is 0 Å². The number of phenolic OH excluding ortho intramolecular Hbond substituents is 1. The molecule has 24 nitrogen and oxygen atoms in total. The van der Waals surface area contributed by atoms with E-state index < -0.39 is 148 Å². The summed E-state index contributed by atoms with van der Waals surface area (Å²) in [5.74, 6) is -3.65. The summed E-state index contributed by atoms with van der Waals surface area (Å²) in [7, 11) is -31.2. The van der Waals surface area contributed by atoms with Crippen LogP contribution >= 0.6 is 0 Å². The molecule has 304 valence electrons. The number of sulfone groups is 1. The Labute approximate surface area is 315 Å². The molecule has 0 heterocycles. The number of nitrogens with zero attached hydrogens (tertiary/aromatic N) is 4. The van der Waals surface area contributed by atoms with Crippen molar-refractivity contribution in [2.75, 3.05) is 18.1 Å². The third-order valence-electron chi connectivity index (χ3n) is 7.06. The van der Waals surface area contributed by atoms with Crippen LogP contribution in [0.25, 0.3) is 10.8 Å². The van der Waals surface area contributed by atoms with Crippen LogP contribution in [0.1, 0.15) is 5.56 Å². The Kier molecular flexibility index (Phi) is 11.8. The normalized spacial score (nSPS) is 13.6. The molecule has 0 saturated heterocycles. The smallest absolute Gasteiger partial charge is 0.397 e. The number of aryl methyl sites for hydroxylation is 1. The number of aromatic hydroxyl groups is 1. The molecule has 0 bridgehead atoms. The van der Waals surface area contributed by atoms with Gasteiger partial charge >= 0.3 is 10.4 Å². The lowest BCUT2D eigenvalue weighted by Crippen LogP contribution is -2.16. The van der Waals surface area contributed by atoms with Gasteiger partial charge in [-0.2, -0.15) is 42.1 Å². The predicted octanol–water partition coefficient (Wildman–Crippen LogP) is 2.99. The molecular formula is C25H22FN5O19S6. The Morgan fingerprint density at radius 2 is 1.12 bits per heavy atom. The summed E-state index contributed by atoms with van der Waals surface area (Å²) in [5, 5.41) is 23.4. The maximum Gasteiger partial charge on any atom is 0.397 e. The summed E-state index contributed by atoms with van der Waals surface area (Å²) in [6.45, 7) is -0.0299. The average Bonchev–Trinajstić information content (AvgIpc) is 3.02. The van der Waals surface area contributed by atoms with Gasteiger partial charge in [0.1, 0.15) is 48.1 Å². The number of anilines is 1. The highest BCUT2D eigenvalue weighted by atomic mass is 32.3. The molecule has 0 fully saturated rings. The lowest BCUT2D eigenvalue weighted by Gasteiger charge is -2.14. The number of phenols is 1. The summed E-state index contributed by atoms with van der Waals surface area (Å²) in [4.78, 5) is -5.93. The van der Waals surface area contributed by atoms with E-state index in [0.29, 0.717) is 42.5 Å². The zero-order chi connectivity index (χ0) is 42.6. The summed E-state index contributed by atoms with van der Waals surface area (Å²) < 4.78 is 211. The monoisotopic (exact) mass is 907 g/mol. The van der Waals surface area contributed by atoms with Crippen LogP contribution in [0, 0.1) is 12.7 Å². The number of benzene rings is 4. The van der Waals surface area contributed by atoms with Crippen molar-refractivity contribution < 1.29 is 87.0 Å². The van der Waals surface area contributed by atoms with E-state index in [2.05, 4.69) is 24.6 Å². The average molecular weight is 908 g/mol. The first-order valence-electron chi connectivity index (χ1n) is 14.0. The van der Waals surface area contributed by atoms with Crippen molar-refractivity contribution in [3.05, 3.63) is 53.8 Å². The lowest BCUT2D eigenvalue weighted by molar-refractivity contribution is 0.284. The highest BCUT2D eigenvalue weighted by Crippen LogP contribution is 2.48. The third kappa shape index (κ3) is 9.82. The van der Waals surface area contributed by atoms with Crippen LogP contribution in [0.4, 0.5) is 32.8 Å². The summed E-state index contributed by atoms with van der Waals surface area (Å²) in [6.07, 6.45) is 0. The van der Waals surface area contributed by atoms with E-state index in [0.717, 1.165) is 6.92 Å². The van der Waals surface area contributed by atoms with Gasteiger partial charge in [0.05, 0.1) is 28.3 Å². The lowest BCUT2D eigenvalue weighted by atomic mass is 10.1. The minimum absolute atomic E-state index is 0.296. The van der Waals surface area contributed by atoms with Crippen molar-refractivity contribution in [3.8, 4) is 5.75 Å². The van der Waals surface area contributed by atoms with Gasteiger partial charge in [-0.15, -0.1) is 20.5 Å². The van der Waals surface area contributed by atoms with Crippen LogP contribution in [0.3, 0.4) is 0 Å². The van der Waals surface area contributed by atoms with E-state index in [4.69, 9.17) is 10.3 Å². The fourth-order valence-corrected chi connectivity index (χ4v) is 8.84.